The lowest BCUT2D eigenvalue weighted by Crippen LogP contribution is -2.17. The molecular weight excluding hydrogens is 308 g/mol. The van der Waals surface area contributed by atoms with Gasteiger partial charge in [0.2, 0.25) is 0 Å². The zero-order valence-electron chi connectivity index (χ0n) is 12.7. The van der Waals surface area contributed by atoms with Crippen LogP contribution in [-0.4, -0.2) is 33.2 Å². The molecule has 0 fully saturated rings. The van der Waals surface area contributed by atoms with Gasteiger partial charge in [-0.1, -0.05) is 12.1 Å². The first-order valence-corrected chi connectivity index (χ1v) is 8.51. The smallest absolute Gasteiger partial charge is 0.267 e. The highest BCUT2D eigenvalue weighted by Crippen LogP contribution is 2.31. The van der Waals surface area contributed by atoms with Crippen molar-refractivity contribution in [1.82, 2.24) is 19.9 Å². The van der Waals surface area contributed by atoms with Crippen molar-refractivity contribution < 1.29 is 4.79 Å². The molecule has 1 aliphatic heterocycles. The molecule has 0 saturated heterocycles. The highest BCUT2D eigenvalue weighted by atomic mass is 32.2. The number of nitrogens with one attached hydrogen (secondary N) is 2. The number of benzene rings is 1. The highest BCUT2D eigenvalue weighted by Gasteiger charge is 2.14. The molecule has 5 nitrogen and oxygen atoms in total. The number of rotatable bonds is 3. The summed E-state index contributed by atoms with van der Waals surface area (Å²) in [6.07, 6.45) is 2.89. The molecule has 2 N–H and O–H groups in total. The third-order valence-electron chi connectivity index (χ3n) is 4.02. The molecular formula is C17H16N4OS. The van der Waals surface area contributed by atoms with E-state index in [1.165, 1.54) is 11.1 Å². The zero-order valence-corrected chi connectivity index (χ0v) is 13.5. The second-order valence-electron chi connectivity index (χ2n) is 5.42. The zero-order chi connectivity index (χ0) is 15.8. The van der Waals surface area contributed by atoms with Crippen LogP contribution in [0.2, 0.25) is 0 Å². The number of hydrogen-bond donors (Lipinski definition) is 2. The van der Waals surface area contributed by atoms with Gasteiger partial charge in [-0.3, -0.25) is 9.36 Å². The minimum absolute atomic E-state index is 0.142. The van der Waals surface area contributed by atoms with E-state index in [9.17, 15) is 4.79 Å². The Morgan fingerprint density at radius 1 is 1.39 bits per heavy atom. The third-order valence-corrected chi connectivity index (χ3v) is 4.91. The van der Waals surface area contributed by atoms with Crippen LogP contribution in [0.15, 0.2) is 42.1 Å². The molecule has 4 rings (SSSR count). The van der Waals surface area contributed by atoms with Gasteiger partial charge in [-0.2, -0.15) is 0 Å². The maximum atomic E-state index is 11.8. The number of aromatic nitrogens is 3. The number of carbonyl (C=O) groups excluding carboxylic acids is 1. The Hall–Kier alpha value is -2.47. The molecule has 1 amide bonds. The summed E-state index contributed by atoms with van der Waals surface area (Å²) in [4.78, 5) is 19.2. The van der Waals surface area contributed by atoms with Gasteiger partial charge in [-0.15, -0.1) is 11.8 Å². The molecule has 0 aliphatic carbocycles. The Morgan fingerprint density at radius 3 is 3.09 bits per heavy atom. The fourth-order valence-electron chi connectivity index (χ4n) is 2.81. The Labute approximate surface area is 137 Å². The summed E-state index contributed by atoms with van der Waals surface area (Å²) in [5, 5.41) is 4.86. The van der Waals surface area contributed by atoms with Crippen molar-refractivity contribution >= 4 is 34.4 Å². The molecule has 0 atom stereocenters. The largest absolute Gasteiger partial charge is 0.354 e. The van der Waals surface area contributed by atoms with Gasteiger partial charge in [0.25, 0.3) is 5.91 Å². The van der Waals surface area contributed by atoms with Crippen molar-refractivity contribution in [3.63, 3.8) is 0 Å². The molecule has 3 heterocycles. The van der Waals surface area contributed by atoms with Crippen LogP contribution in [0.5, 0.6) is 0 Å². The van der Waals surface area contributed by atoms with E-state index in [2.05, 4.69) is 45.0 Å². The standard InChI is InChI=1S/C17H16N4OS/c1-18-17(22)14-8-15-16(20-14)19-10-21(15)13-4-2-3-11(7-13)12-5-6-23-9-12/h2-4,7-10,20H,5-6H2,1H3,(H,18,22). The van der Waals surface area contributed by atoms with E-state index in [1.54, 1.807) is 13.4 Å². The Balaban J connectivity index is 1.78. The number of carbonyl (C=O) groups is 1. The highest BCUT2D eigenvalue weighted by molar-refractivity contribution is 8.02. The number of amides is 1. The van der Waals surface area contributed by atoms with Crippen LogP contribution < -0.4 is 5.32 Å². The molecule has 2 aromatic heterocycles. The van der Waals surface area contributed by atoms with E-state index < -0.39 is 0 Å². The summed E-state index contributed by atoms with van der Waals surface area (Å²) in [6.45, 7) is 0. The number of hydrogen-bond acceptors (Lipinski definition) is 3. The first kappa shape index (κ1) is 14.1. The lowest BCUT2D eigenvalue weighted by molar-refractivity contribution is 0.0959. The van der Waals surface area contributed by atoms with Gasteiger partial charge in [0.1, 0.15) is 12.0 Å². The summed E-state index contributed by atoms with van der Waals surface area (Å²) >= 11 is 1.86. The second-order valence-corrected chi connectivity index (χ2v) is 6.40. The number of H-pyrrole nitrogens is 1. The number of fused-ring (bicyclic) bond motifs is 1. The monoisotopic (exact) mass is 324 g/mol. The average Bonchev–Trinajstić information content (AvgIpc) is 3.30. The van der Waals surface area contributed by atoms with Crippen LogP contribution in [0.3, 0.4) is 0 Å². The molecule has 23 heavy (non-hydrogen) atoms. The molecule has 1 aliphatic rings. The first-order valence-electron chi connectivity index (χ1n) is 7.46. The van der Waals surface area contributed by atoms with Crippen LogP contribution in [0.25, 0.3) is 22.4 Å². The molecule has 0 bridgehead atoms. The number of nitrogens with zero attached hydrogens (tertiary/aromatic N) is 2. The van der Waals surface area contributed by atoms with E-state index >= 15 is 0 Å². The molecule has 0 radical (unpaired) electrons. The van der Waals surface area contributed by atoms with Crippen molar-refractivity contribution in [2.24, 2.45) is 0 Å². The van der Waals surface area contributed by atoms with Gasteiger partial charge >= 0.3 is 0 Å². The minimum atomic E-state index is -0.142. The summed E-state index contributed by atoms with van der Waals surface area (Å²) < 4.78 is 2.00. The first-order chi connectivity index (χ1) is 11.3. The summed E-state index contributed by atoms with van der Waals surface area (Å²) in [5.74, 6) is 1.01. The lowest BCUT2D eigenvalue weighted by Gasteiger charge is -2.07. The number of aromatic amines is 1. The summed E-state index contributed by atoms with van der Waals surface area (Å²) in [5.41, 5.74) is 5.81. The van der Waals surface area contributed by atoms with E-state index in [-0.39, 0.29) is 5.91 Å². The lowest BCUT2D eigenvalue weighted by atomic mass is 10.0. The average molecular weight is 324 g/mol. The van der Waals surface area contributed by atoms with Crippen LogP contribution >= 0.6 is 11.8 Å². The molecule has 1 aromatic carbocycles. The second kappa shape index (κ2) is 5.62. The fourth-order valence-corrected chi connectivity index (χ4v) is 3.72. The molecule has 116 valence electrons. The van der Waals surface area contributed by atoms with E-state index in [4.69, 9.17) is 0 Å². The predicted octanol–water partition coefficient (Wildman–Crippen LogP) is 3.19. The van der Waals surface area contributed by atoms with E-state index in [0.29, 0.717) is 11.3 Å². The maximum Gasteiger partial charge on any atom is 0.267 e. The number of allylic oxidation sites excluding steroid dienone is 1. The third kappa shape index (κ3) is 2.45. The molecule has 0 saturated carbocycles. The quantitative estimate of drug-likeness (QED) is 0.778. The number of imidazole rings is 1. The van der Waals surface area contributed by atoms with Crippen LogP contribution in [0.1, 0.15) is 22.5 Å². The van der Waals surface area contributed by atoms with Gasteiger partial charge in [-0.05, 0) is 41.2 Å². The van der Waals surface area contributed by atoms with Gasteiger partial charge in [0.05, 0.1) is 5.52 Å². The molecule has 0 unspecified atom stereocenters. The molecule has 3 aromatic rings. The van der Waals surface area contributed by atoms with Crippen LogP contribution in [0.4, 0.5) is 0 Å². The topological polar surface area (TPSA) is 62.7 Å². The predicted molar refractivity (Wildman–Crippen MR) is 93.9 cm³/mol. The van der Waals surface area contributed by atoms with Gasteiger partial charge in [0.15, 0.2) is 5.65 Å². The maximum absolute atomic E-state index is 11.8. The van der Waals surface area contributed by atoms with Gasteiger partial charge in [0, 0.05) is 18.5 Å². The fraction of sp³-hybridized carbons (Fsp3) is 0.176. The van der Waals surface area contributed by atoms with Gasteiger partial charge < -0.3 is 10.3 Å². The summed E-state index contributed by atoms with van der Waals surface area (Å²) in [6, 6.07) is 10.3. The van der Waals surface area contributed by atoms with Crippen molar-refractivity contribution in [2.45, 2.75) is 6.42 Å². The van der Waals surface area contributed by atoms with E-state index in [0.717, 1.165) is 23.4 Å². The van der Waals surface area contributed by atoms with Crippen molar-refractivity contribution in [1.29, 1.82) is 0 Å². The van der Waals surface area contributed by atoms with Crippen LogP contribution in [0, 0.1) is 0 Å². The molecule has 6 heteroatoms. The van der Waals surface area contributed by atoms with Crippen molar-refractivity contribution in [3.05, 3.63) is 53.3 Å². The number of thioether (sulfide) groups is 1. The van der Waals surface area contributed by atoms with E-state index in [1.807, 2.05) is 22.4 Å². The normalized spacial score (nSPS) is 14.2. The van der Waals surface area contributed by atoms with Crippen molar-refractivity contribution in [2.75, 3.05) is 12.8 Å². The minimum Gasteiger partial charge on any atom is -0.354 e. The Kier molecular flexibility index (Phi) is 3.46. The van der Waals surface area contributed by atoms with Crippen LogP contribution in [-0.2, 0) is 0 Å². The summed E-state index contributed by atoms with van der Waals surface area (Å²) in [7, 11) is 1.62. The Morgan fingerprint density at radius 2 is 2.30 bits per heavy atom. The Bertz CT molecular complexity index is 922. The van der Waals surface area contributed by atoms with Crippen molar-refractivity contribution in [3.8, 4) is 5.69 Å². The van der Waals surface area contributed by atoms with Gasteiger partial charge in [-0.25, -0.2) is 4.98 Å². The molecule has 0 spiro atoms. The SMILES string of the molecule is CNC(=O)c1cc2c(ncn2-c2cccc(C3=CSCC3)c2)[nH]1.